The van der Waals surface area contributed by atoms with Crippen molar-refractivity contribution < 1.29 is 4.79 Å². The molecule has 1 aliphatic heterocycles. The fourth-order valence-electron chi connectivity index (χ4n) is 3.07. The molecule has 1 saturated heterocycles. The number of amides is 1. The molecule has 1 N–H and O–H groups in total. The lowest BCUT2D eigenvalue weighted by molar-refractivity contribution is 0.0696. The number of H-pyrrole nitrogens is 1. The number of rotatable bonds is 3. The van der Waals surface area contributed by atoms with E-state index >= 15 is 0 Å². The fourth-order valence-corrected chi connectivity index (χ4v) is 3.07. The molecule has 0 aliphatic carbocycles. The van der Waals surface area contributed by atoms with Gasteiger partial charge in [0.2, 0.25) is 0 Å². The number of nitrogens with one attached hydrogen (secondary N) is 1. The summed E-state index contributed by atoms with van der Waals surface area (Å²) in [5.74, 6) is 1.12. The van der Waals surface area contributed by atoms with Crippen molar-refractivity contribution in [3.8, 4) is 0 Å². The van der Waals surface area contributed by atoms with Crippen LogP contribution in [0.2, 0.25) is 0 Å². The van der Waals surface area contributed by atoms with E-state index in [4.69, 9.17) is 0 Å². The number of hydrogen-bond donors (Lipinski definition) is 1. The predicted molar refractivity (Wildman–Crippen MR) is 85.3 cm³/mol. The van der Waals surface area contributed by atoms with Gasteiger partial charge in [0.15, 0.2) is 0 Å². The maximum Gasteiger partial charge on any atom is 0.273 e. The highest BCUT2D eigenvalue weighted by Crippen LogP contribution is 2.28. The first-order valence-electron chi connectivity index (χ1n) is 7.93. The van der Waals surface area contributed by atoms with Crippen LogP contribution in [-0.2, 0) is 0 Å². The minimum Gasteiger partial charge on any atom is -0.337 e. The summed E-state index contributed by atoms with van der Waals surface area (Å²) in [6, 6.07) is 0.347. The van der Waals surface area contributed by atoms with Gasteiger partial charge in [-0.1, -0.05) is 0 Å². The second-order valence-electron chi connectivity index (χ2n) is 6.17. The van der Waals surface area contributed by atoms with Crippen LogP contribution in [0.15, 0.2) is 29.6 Å². The standard InChI is InChI=1S/C16H21N5O2/c1-11(2)21-7-5-17-15(21)12-4-3-6-20(10-12)16(23)13-8-19-14(22)9-18-13/h5,7-9,11-12H,3-4,6,10H2,1-2H3,(H,19,22)/t12-/m1/s1. The third-order valence-corrected chi connectivity index (χ3v) is 4.22. The van der Waals surface area contributed by atoms with Crippen molar-refractivity contribution in [2.24, 2.45) is 0 Å². The summed E-state index contributed by atoms with van der Waals surface area (Å²) in [4.78, 5) is 36.4. The van der Waals surface area contributed by atoms with Gasteiger partial charge in [0.1, 0.15) is 11.5 Å². The van der Waals surface area contributed by atoms with E-state index < -0.39 is 0 Å². The summed E-state index contributed by atoms with van der Waals surface area (Å²) in [5, 5.41) is 0. The van der Waals surface area contributed by atoms with Crippen LogP contribution in [-0.4, -0.2) is 43.4 Å². The molecule has 0 unspecified atom stereocenters. The number of carbonyl (C=O) groups excluding carboxylic acids is 1. The lowest BCUT2D eigenvalue weighted by Crippen LogP contribution is -2.40. The molecule has 3 rings (SSSR count). The number of hydrogen-bond acceptors (Lipinski definition) is 4. The van der Waals surface area contributed by atoms with Gasteiger partial charge in [0.05, 0.1) is 6.20 Å². The number of imidazole rings is 1. The highest BCUT2D eigenvalue weighted by molar-refractivity contribution is 5.92. The van der Waals surface area contributed by atoms with Crippen molar-refractivity contribution >= 4 is 5.91 Å². The molecule has 1 fully saturated rings. The first-order valence-corrected chi connectivity index (χ1v) is 7.93. The van der Waals surface area contributed by atoms with E-state index in [1.165, 1.54) is 6.20 Å². The Kier molecular flexibility index (Phi) is 4.27. The van der Waals surface area contributed by atoms with Crippen molar-refractivity contribution in [2.75, 3.05) is 13.1 Å². The Bertz CT molecular complexity index is 728. The Hall–Kier alpha value is -2.44. The highest BCUT2D eigenvalue weighted by Gasteiger charge is 2.28. The second-order valence-corrected chi connectivity index (χ2v) is 6.17. The SMILES string of the molecule is CC(C)n1ccnc1[C@@H]1CCCN(C(=O)c2c[nH]c(=O)cn2)C1. The van der Waals surface area contributed by atoms with E-state index in [9.17, 15) is 9.59 Å². The largest absolute Gasteiger partial charge is 0.337 e. The molecule has 1 aliphatic rings. The van der Waals surface area contributed by atoms with Crippen LogP contribution < -0.4 is 5.56 Å². The summed E-state index contributed by atoms with van der Waals surface area (Å²) in [5.41, 5.74) is -0.0329. The van der Waals surface area contributed by atoms with Crippen LogP contribution in [0.25, 0.3) is 0 Å². The summed E-state index contributed by atoms with van der Waals surface area (Å²) >= 11 is 0. The van der Waals surface area contributed by atoms with E-state index in [0.29, 0.717) is 19.1 Å². The molecule has 7 nitrogen and oxygen atoms in total. The maximum atomic E-state index is 12.6. The van der Waals surface area contributed by atoms with Crippen molar-refractivity contribution in [1.82, 2.24) is 24.4 Å². The molecule has 0 saturated carbocycles. The monoisotopic (exact) mass is 315 g/mol. The molecule has 7 heteroatoms. The third kappa shape index (κ3) is 3.18. The third-order valence-electron chi connectivity index (χ3n) is 4.22. The van der Waals surface area contributed by atoms with Crippen LogP contribution >= 0.6 is 0 Å². The highest BCUT2D eigenvalue weighted by atomic mass is 16.2. The zero-order chi connectivity index (χ0) is 16.4. The molecule has 3 heterocycles. The fraction of sp³-hybridized carbons (Fsp3) is 0.500. The van der Waals surface area contributed by atoms with Gasteiger partial charge >= 0.3 is 0 Å². The average molecular weight is 315 g/mol. The summed E-state index contributed by atoms with van der Waals surface area (Å²) in [6.07, 6.45) is 8.28. The van der Waals surface area contributed by atoms with Crippen LogP contribution in [0.4, 0.5) is 0 Å². The van der Waals surface area contributed by atoms with Gasteiger partial charge in [-0.3, -0.25) is 9.59 Å². The molecule has 0 radical (unpaired) electrons. The Morgan fingerprint density at radius 2 is 2.22 bits per heavy atom. The topological polar surface area (TPSA) is 83.9 Å². The molecule has 0 aromatic carbocycles. The lowest BCUT2D eigenvalue weighted by atomic mass is 9.96. The quantitative estimate of drug-likeness (QED) is 0.932. The van der Waals surface area contributed by atoms with E-state index in [1.54, 1.807) is 4.90 Å². The first-order chi connectivity index (χ1) is 11.1. The summed E-state index contributed by atoms with van der Waals surface area (Å²) < 4.78 is 2.16. The molecule has 0 spiro atoms. The van der Waals surface area contributed by atoms with Gasteiger partial charge in [-0.25, -0.2) is 9.97 Å². The van der Waals surface area contributed by atoms with Gasteiger partial charge in [0.25, 0.3) is 11.5 Å². The predicted octanol–water partition coefficient (Wildman–Crippen LogP) is 1.57. The molecule has 2 aromatic heterocycles. The molecule has 1 amide bonds. The van der Waals surface area contributed by atoms with E-state index in [0.717, 1.165) is 24.9 Å². The van der Waals surface area contributed by atoms with E-state index in [-0.39, 0.29) is 23.1 Å². The zero-order valence-electron chi connectivity index (χ0n) is 13.4. The van der Waals surface area contributed by atoms with Gasteiger partial charge in [-0.05, 0) is 26.7 Å². The van der Waals surface area contributed by atoms with Crippen LogP contribution in [0.5, 0.6) is 0 Å². The normalized spacial score (nSPS) is 18.4. The average Bonchev–Trinajstić information content (AvgIpc) is 3.05. The molecule has 122 valence electrons. The van der Waals surface area contributed by atoms with Crippen LogP contribution in [0, 0.1) is 0 Å². The number of aromatic amines is 1. The number of aromatic nitrogens is 4. The molecule has 23 heavy (non-hydrogen) atoms. The second kappa shape index (κ2) is 6.36. The first kappa shape index (κ1) is 15.5. The molecule has 2 aromatic rings. The van der Waals surface area contributed by atoms with Gasteiger partial charge < -0.3 is 14.5 Å². The van der Waals surface area contributed by atoms with Crippen molar-refractivity contribution in [3.63, 3.8) is 0 Å². The minimum absolute atomic E-state index is 0.145. The van der Waals surface area contributed by atoms with E-state index in [1.807, 2.05) is 12.4 Å². The van der Waals surface area contributed by atoms with Crippen LogP contribution in [0.3, 0.4) is 0 Å². The molecular formula is C16H21N5O2. The molecular weight excluding hydrogens is 294 g/mol. The number of carbonyl (C=O) groups is 1. The summed E-state index contributed by atoms with van der Waals surface area (Å²) in [6.45, 7) is 5.59. The Labute approximate surface area is 134 Å². The number of piperidine rings is 1. The molecule has 1 atom stereocenters. The van der Waals surface area contributed by atoms with Crippen molar-refractivity contribution in [3.05, 3.63) is 46.7 Å². The maximum absolute atomic E-state index is 12.6. The van der Waals surface area contributed by atoms with Crippen molar-refractivity contribution in [2.45, 2.75) is 38.6 Å². The Morgan fingerprint density at radius 3 is 2.91 bits per heavy atom. The summed E-state index contributed by atoms with van der Waals surface area (Å²) in [7, 11) is 0. The minimum atomic E-state index is -0.308. The number of nitrogens with zero attached hydrogens (tertiary/aromatic N) is 4. The van der Waals surface area contributed by atoms with Gasteiger partial charge in [0, 0.05) is 43.6 Å². The van der Waals surface area contributed by atoms with Gasteiger partial charge in [-0.15, -0.1) is 0 Å². The van der Waals surface area contributed by atoms with Crippen molar-refractivity contribution in [1.29, 1.82) is 0 Å². The molecule has 0 bridgehead atoms. The smallest absolute Gasteiger partial charge is 0.273 e. The van der Waals surface area contributed by atoms with E-state index in [2.05, 4.69) is 33.4 Å². The van der Waals surface area contributed by atoms with Gasteiger partial charge in [-0.2, -0.15) is 0 Å². The lowest BCUT2D eigenvalue weighted by Gasteiger charge is -2.32. The van der Waals surface area contributed by atoms with Crippen LogP contribution in [0.1, 0.15) is 55.0 Å². The number of likely N-dealkylation sites (tertiary alicyclic amines) is 1. The Morgan fingerprint density at radius 1 is 1.39 bits per heavy atom. The zero-order valence-corrected chi connectivity index (χ0v) is 13.4. The Balaban J connectivity index is 1.78.